The second kappa shape index (κ2) is 10.5. The number of aromatic nitrogens is 4. The Balaban J connectivity index is 1.99. The van der Waals surface area contributed by atoms with Gasteiger partial charge in [-0.3, -0.25) is 4.68 Å². The van der Waals surface area contributed by atoms with E-state index < -0.39 is 27.0 Å². The van der Waals surface area contributed by atoms with Crippen LogP contribution < -0.4 is 14.0 Å². The Labute approximate surface area is 189 Å². The van der Waals surface area contributed by atoms with E-state index in [0.29, 0.717) is 35.6 Å². The number of halogens is 1. The number of nitrogens with two attached hydrogens (primary N) is 1. The lowest BCUT2D eigenvalue weighted by Gasteiger charge is -2.12. The molecule has 0 saturated heterocycles. The molecule has 0 aliphatic heterocycles. The van der Waals surface area contributed by atoms with Gasteiger partial charge < -0.3 is 24.2 Å². The minimum atomic E-state index is -1.02. The number of carboxylic acid groups (broad SMARTS) is 1. The van der Waals surface area contributed by atoms with E-state index in [0.717, 1.165) is 18.4 Å². The molecule has 0 bridgehead atoms. The zero-order valence-corrected chi connectivity index (χ0v) is 19.5. The number of anilines is 2. The highest BCUT2D eigenvalue weighted by atomic mass is 127. The third-order valence-corrected chi connectivity index (χ3v) is 7.16. The molecule has 1 aromatic carbocycles. The molecule has 11 heteroatoms. The molecule has 0 atom stereocenters. The number of nitrogens with zero attached hydrogens (tertiary/aromatic N) is 4. The van der Waals surface area contributed by atoms with Gasteiger partial charge in [0.05, 0.1) is 25.4 Å². The molecule has 3 aromatic rings. The number of aliphatic hydroxyl groups is 1. The molecule has 0 radical (unpaired) electrons. The van der Waals surface area contributed by atoms with Crippen LogP contribution in [0.5, 0.6) is 5.75 Å². The molecule has 2 heterocycles. The number of rotatable bonds is 10. The Morgan fingerprint density at radius 2 is 2.13 bits per heavy atom. The average molecular weight is 540 g/mol. The van der Waals surface area contributed by atoms with Gasteiger partial charge in [-0.05, 0) is 49.5 Å². The largest absolute Gasteiger partial charge is 0.496 e. The quantitative estimate of drug-likeness (QED) is 0.225. The highest BCUT2D eigenvalue weighted by molar-refractivity contribution is 14.2. The van der Waals surface area contributed by atoms with Crippen molar-refractivity contribution in [1.82, 2.24) is 19.7 Å². The predicted octanol–water partition coefficient (Wildman–Crippen LogP) is 2.82. The van der Waals surface area contributed by atoms with E-state index in [2.05, 4.69) is 25.5 Å². The van der Waals surface area contributed by atoms with Crippen molar-refractivity contribution in [2.75, 3.05) is 23.0 Å². The first-order valence-corrected chi connectivity index (χ1v) is 11.9. The van der Waals surface area contributed by atoms with E-state index >= 15 is 0 Å². The minimum absolute atomic E-state index is 0.127. The van der Waals surface area contributed by atoms with Crippen LogP contribution in [-0.2, 0) is 6.54 Å². The van der Waals surface area contributed by atoms with Gasteiger partial charge in [0.1, 0.15) is 16.8 Å². The molecule has 0 fully saturated rings. The summed E-state index contributed by atoms with van der Waals surface area (Å²) < 4.78 is 11.8. The Kier molecular flexibility index (Phi) is 7.74. The summed E-state index contributed by atoms with van der Waals surface area (Å²) in [5.41, 5.74) is 8.13. The Bertz CT molecular complexity index is 1110. The van der Waals surface area contributed by atoms with E-state index in [-0.39, 0.29) is 18.1 Å². The second-order valence-electron chi connectivity index (χ2n) is 6.73. The zero-order valence-electron chi connectivity index (χ0n) is 17.3. The lowest BCUT2D eigenvalue weighted by atomic mass is 10.1. The van der Waals surface area contributed by atoms with E-state index in [4.69, 9.17) is 10.5 Å². The standard InChI is InChI=1S/C20H25IN6O4/c1-3-4-14(7-8-28)21-26-18-17-15(24-20(22)25-18)10-23-27(17)11-13-6-5-12(19(29)30)9-16(13)31-2/h5-6,9-10,28H,3-4,7-8,11H2,1-2H3,(H,29,30)(H3,22,24,25,26). The van der Waals surface area contributed by atoms with Crippen LogP contribution in [0, 0.1) is 0 Å². The smallest absolute Gasteiger partial charge is 0.335 e. The third-order valence-electron chi connectivity index (χ3n) is 4.53. The number of nitrogen functional groups attached to an aromatic ring is 1. The fraction of sp³-hybridized carbons (Fsp3) is 0.350. The number of nitrogens with one attached hydrogen (secondary N) is 1. The van der Waals surface area contributed by atoms with Gasteiger partial charge in [-0.25, -0.2) is 9.78 Å². The number of fused-ring (bicyclic) bond motifs is 1. The maximum absolute atomic E-state index is 11.2. The molecular weight excluding hydrogens is 515 g/mol. The van der Waals surface area contributed by atoms with Gasteiger partial charge in [0, 0.05) is 12.2 Å². The van der Waals surface area contributed by atoms with Crippen LogP contribution in [0.25, 0.3) is 11.0 Å². The SMILES string of the molecule is CCCC(CCO)=INc1nc(N)nc2cnn(Cc3ccc(C(=O)O)cc3OC)c12. The summed E-state index contributed by atoms with van der Waals surface area (Å²) in [6, 6.07) is 4.73. The average Bonchev–Trinajstić information content (AvgIpc) is 3.14. The molecule has 0 unspecified atom stereocenters. The van der Waals surface area contributed by atoms with E-state index in [1.54, 1.807) is 16.9 Å². The number of carbonyl (C=O) groups is 1. The second-order valence-corrected chi connectivity index (χ2v) is 9.33. The molecule has 2 aromatic heterocycles. The summed E-state index contributed by atoms with van der Waals surface area (Å²) in [5.74, 6) is 0.195. The Hall–Kier alpha value is -2.80. The summed E-state index contributed by atoms with van der Waals surface area (Å²) in [7, 11) is 1.50. The molecule has 10 nitrogen and oxygen atoms in total. The first-order chi connectivity index (χ1) is 15.0. The molecule has 5 N–H and O–H groups in total. The summed E-state index contributed by atoms with van der Waals surface area (Å²) in [6.07, 6.45) is 4.27. The molecular formula is C20H25IN6O4. The number of aliphatic hydroxyl groups excluding tert-OH is 1. The van der Waals surface area contributed by atoms with Gasteiger partial charge in [-0.15, -0.1) is 0 Å². The topological polar surface area (TPSA) is 148 Å². The predicted molar refractivity (Wildman–Crippen MR) is 128 cm³/mol. The van der Waals surface area contributed by atoms with E-state index in [9.17, 15) is 15.0 Å². The van der Waals surface area contributed by atoms with Gasteiger partial charge in [-0.1, -0.05) is 19.4 Å². The van der Waals surface area contributed by atoms with Gasteiger partial charge in [-0.2, -0.15) is 10.1 Å². The van der Waals surface area contributed by atoms with Crippen molar-refractivity contribution < 1.29 is 19.7 Å². The highest BCUT2D eigenvalue weighted by Gasteiger charge is 2.15. The highest BCUT2D eigenvalue weighted by Crippen LogP contribution is 2.27. The summed E-state index contributed by atoms with van der Waals surface area (Å²) in [6.45, 7) is 2.58. The fourth-order valence-electron chi connectivity index (χ4n) is 3.10. The number of methoxy groups -OCH3 is 1. The van der Waals surface area contributed by atoms with Crippen LogP contribution >= 0.6 is 21.0 Å². The lowest BCUT2D eigenvalue weighted by Crippen LogP contribution is -2.08. The molecule has 3 rings (SSSR count). The van der Waals surface area contributed by atoms with Gasteiger partial charge >= 0.3 is 5.97 Å². The molecule has 0 amide bonds. The molecule has 31 heavy (non-hydrogen) atoms. The molecule has 0 saturated carbocycles. The van der Waals surface area contributed by atoms with Crippen LogP contribution in [-0.4, -0.2) is 53.2 Å². The van der Waals surface area contributed by atoms with Crippen LogP contribution in [0.4, 0.5) is 11.8 Å². The van der Waals surface area contributed by atoms with Crippen LogP contribution in [0.2, 0.25) is 0 Å². The minimum Gasteiger partial charge on any atom is -0.496 e. The van der Waals surface area contributed by atoms with Crippen molar-refractivity contribution >= 4 is 53.3 Å². The van der Waals surface area contributed by atoms with Crippen LogP contribution in [0.1, 0.15) is 42.1 Å². The number of benzene rings is 1. The third kappa shape index (κ3) is 5.47. The van der Waals surface area contributed by atoms with Crippen molar-refractivity contribution in [3.05, 3.63) is 35.5 Å². The summed E-state index contributed by atoms with van der Waals surface area (Å²) >= 11 is -0.566. The monoisotopic (exact) mass is 540 g/mol. The summed E-state index contributed by atoms with van der Waals surface area (Å²) in [5, 5.41) is 23.0. The fourth-order valence-corrected chi connectivity index (χ4v) is 5.43. The number of ether oxygens (including phenoxy) is 1. The number of carboxylic acids is 1. The van der Waals surface area contributed by atoms with Crippen molar-refractivity contribution in [3.63, 3.8) is 0 Å². The molecule has 0 aliphatic carbocycles. The van der Waals surface area contributed by atoms with Crippen molar-refractivity contribution in [2.24, 2.45) is 0 Å². The summed E-state index contributed by atoms with van der Waals surface area (Å²) in [4.78, 5) is 19.9. The van der Waals surface area contributed by atoms with E-state index in [1.165, 1.54) is 22.8 Å². The maximum Gasteiger partial charge on any atom is 0.335 e. The van der Waals surface area contributed by atoms with Crippen molar-refractivity contribution in [1.29, 1.82) is 0 Å². The maximum atomic E-state index is 11.2. The van der Waals surface area contributed by atoms with Crippen molar-refractivity contribution in [2.45, 2.75) is 32.7 Å². The van der Waals surface area contributed by atoms with Gasteiger partial charge in [0.15, 0.2) is 5.82 Å². The number of aromatic carboxylic acids is 1. The molecule has 0 aliphatic rings. The first-order valence-electron chi connectivity index (χ1n) is 9.71. The normalized spacial score (nSPS) is 11.9. The first kappa shape index (κ1) is 22.9. The Morgan fingerprint density at radius 1 is 1.32 bits per heavy atom. The van der Waals surface area contributed by atoms with Gasteiger partial charge in [0.2, 0.25) is 5.95 Å². The Morgan fingerprint density at radius 3 is 2.81 bits per heavy atom. The lowest BCUT2D eigenvalue weighted by molar-refractivity contribution is 0.0696. The van der Waals surface area contributed by atoms with E-state index in [1.807, 2.05) is 0 Å². The molecule has 166 valence electrons. The number of hydrogen-bond donors (Lipinski definition) is 4. The molecule has 0 spiro atoms. The van der Waals surface area contributed by atoms with Gasteiger partial charge in [0.25, 0.3) is 0 Å². The number of hydrogen-bond acceptors (Lipinski definition) is 8. The van der Waals surface area contributed by atoms with Crippen LogP contribution in [0.3, 0.4) is 0 Å². The van der Waals surface area contributed by atoms with Crippen molar-refractivity contribution in [3.8, 4) is 5.75 Å². The van der Waals surface area contributed by atoms with Crippen LogP contribution in [0.15, 0.2) is 24.4 Å². The zero-order chi connectivity index (χ0) is 22.4.